The highest BCUT2D eigenvalue weighted by molar-refractivity contribution is 7.18. The van der Waals surface area contributed by atoms with E-state index >= 15 is 0 Å². The van der Waals surface area contributed by atoms with Crippen LogP contribution in [0, 0.1) is 13.8 Å². The van der Waals surface area contributed by atoms with Crippen molar-refractivity contribution in [2.75, 3.05) is 6.61 Å². The fourth-order valence-corrected chi connectivity index (χ4v) is 6.77. The lowest BCUT2D eigenvalue weighted by atomic mass is 9.81. The molecule has 2 N–H and O–H groups in total. The SMILES string of the molecule is Cc1cc(-c2cc(Cl)ccc2OCCn2c(C)nc3c(c2=O)CC(N)CC32CC2)c2scc(OC=O)c2n1. The maximum absolute atomic E-state index is 13.5. The summed E-state index contributed by atoms with van der Waals surface area (Å²) >= 11 is 7.82. The van der Waals surface area contributed by atoms with Crippen LogP contribution in [0.1, 0.15) is 42.0 Å². The normalized spacial score (nSPS) is 17.4. The van der Waals surface area contributed by atoms with Crippen molar-refractivity contribution in [3.8, 4) is 22.6 Å². The molecule has 8 nitrogen and oxygen atoms in total. The lowest BCUT2D eigenvalue weighted by Crippen LogP contribution is -2.41. The van der Waals surface area contributed by atoms with Crippen LogP contribution in [0.4, 0.5) is 0 Å². The number of nitrogens with two attached hydrogens (primary N) is 1. The van der Waals surface area contributed by atoms with E-state index in [-0.39, 0.29) is 23.6 Å². The van der Waals surface area contributed by atoms with E-state index < -0.39 is 0 Å². The number of carbonyl (C=O) groups excluding carboxylic acids is 1. The maximum Gasteiger partial charge on any atom is 0.298 e. The van der Waals surface area contributed by atoms with E-state index in [1.807, 2.05) is 32.0 Å². The summed E-state index contributed by atoms with van der Waals surface area (Å²) in [5.41, 5.74) is 11.1. The van der Waals surface area contributed by atoms with Crippen LogP contribution in [0.5, 0.6) is 11.5 Å². The van der Waals surface area contributed by atoms with Crippen molar-refractivity contribution >= 4 is 39.6 Å². The number of pyridine rings is 1. The van der Waals surface area contributed by atoms with Gasteiger partial charge in [0.05, 0.1) is 16.9 Å². The summed E-state index contributed by atoms with van der Waals surface area (Å²) in [6.45, 7) is 4.79. The first-order chi connectivity index (χ1) is 18.3. The molecule has 3 heterocycles. The molecule has 196 valence electrons. The Labute approximate surface area is 228 Å². The lowest BCUT2D eigenvalue weighted by Gasteiger charge is -2.29. The molecule has 38 heavy (non-hydrogen) atoms. The minimum Gasteiger partial charge on any atom is -0.491 e. The number of aryl methyl sites for hydroxylation is 2. The second-order valence-corrected chi connectivity index (χ2v) is 11.5. The fourth-order valence-electron chi connectivity index (χ4n) is 5.65. The first kappa shape index (κ1) is 25.0. The third-order valence-electron chi connectivity index (χ3n) is 7.53. The zero-order valence-corrected chi connectivity index (χ0v) is 22.7. The Kier molecular flexibility index (Phi) is 6.25. The fraction of sp³-hybridized carbons (Fsp3) is 0.357. The second kappa shape index (κ2) is 9.48. The Balaban J connectivity index is 1.31. The third-order valence-corrected chi connectivity index (χ3v) is 8.74. The number of fused-ring (bicyclic) bond motifs is 3. The Bertz CT molecular complexity index is 1640. The standard InChI is InChI=1S/C28H27ClN4O4S/c1-15-9-20(25-24(31-15)23(13-38-25)37-14-34)19-10-17(29)3-4-22(19)36-8-7-33-16(2)32-26-21(27(33)35)11-18(30)12-28(26)5-6-28/h3-4,9-10,13-14,18H,5-8,11-12,30H2,1-2H3. The molecule has 1 fully saturated rings. The molecule has 0 radical (unpaired) electrons. The largest absolute Gasteiger partial charge is 0.491 e. The molecular formula is C28H27ClN4O4S. The Hall–Kier alpha value is -3.27. The molecule has 0 saturated heterocycles. The van der Waals surface area contributed by atoms with Gasteiger partial charge in [-0.05, 0) is 63.8 Å². The van der Waals surface area contributed by atoms with Crippen molar-refractivity contribution in [3.63, 3.8) is 0 Å². The quantitative estimate of drug-likeness (QED) is 0.332. The summed E-state index contributed by atoms with van der Waals surface area (Å²) in [6, 6.07) is 7.40. The highest BCUT2D eigenvalue weighted by Gasteiger charge is 2.51. The third kappa shape index (κ3) is 4.28. The van der Waals surface area contributed by atoms with Crippen LogP contribution < -0.4 is 20.8 Å². The maximum atomic E-state index is 13.5. The molecule has 0 bridgehead atoms. The van der Waals surface area contributed by atoms with Gasteiger partial charge in [0.2, 0.25) is 0 Å². The number of benzene rings is 1. The van der Waals surface area contributed by atoms with E-state index in [4.69, 9.17) is 31.8 Å². The van der Waals surface area contributed by atoms with Crippen molar-refractivity contribution in [2.45, 2.75) is 57.5 Å². The van der Waals surface area contributed by atoms with E-state index in [2.05, 4.69) is 4.98 Å². The van der Waals surface area contributed by atoms with Gasteiger partial charge in [-0.1, -0.05) is 11.6 Å². The van der Waals surface area contributed by atoms with Gasteiger partial charge in [-0.3, -0.25) is 14.2 Å². The Morgan fingerprint density at radius 3 is 2.79 bits per heavy atom. The van der Waals surface area contributed by atoms with Gasteiger partial charge >= 0.3 is 0 Å². The zero-order valence-electron chi connectivity index (χ0n) is 21.1. The van der Waals surface area contributed by atoms with Crippen LogP contribution in [-0.2, 0) is 23.2 Å². The van der Waals surface area contributed by atoms with Gasteiger partial charge < -0.3 is 15.2 Å². The zero-order chi connectivity index (χ0) is 26.6. The van der Waals surface area contributed by atoms with Crippen molar-refractivity contribution in [2.24, 2.45) is 5.73 Å². The second-order valence-electron chi connectivity index (χ2n) is 10.2. The molecule has 3 aromatic heterocycles. The smallest absolute Gasteiger partial charge is 0.298 e. The summed E-state index contributed by atoms with van der Waals surface area (Å²) in [4.78, 5) is 33.9. The topological polar surface area (TPSA) is 109 Å². The lowest BCUT2D eigenvalue weighted by molar-refractivity contribution is -0.120. The van der Waals surface area contributed by atoms with Crippen molar-refractivity contribution < 1.29 is 14.3 Å². The first-order valence-corrected chi connectivity index (χ1v) is 13.8. The minimum absolute atomic E-state index is 0.00103. The van der Waals surface area contributed by atoms with Crippen LogP contribution in [0.3, 0.4) is 0 Å². The van der Waals surface area contributed by atoms with E-state index in [0.717, 1.165) is 52.0 Å². The average Bonchev–Trinajstić information content (AvgIpc) is 3.53. The van der Waals surface area contributed by atoms with Gasteiger partial charge in [-0.2, -0.15) is 0 Å². The molecule has 2 aliphatic carbocycles. The molecule has 1 spiro atoms. The van der Waals surface area contributed by atoms with Gasteiger partial charge in [0.1, 0.15) is 23.7 Å². The molecule has 1 aromatic carbocycles. The average molecular weight is 551 g/mol. The number of thiophene rings is 1. The van der Waals surface area contributed by atoms with Gasteiger partial charge in [-0.25, -0.2) is 9.97 Å². The van der Waals surface area contributed by atoms with Gasteiger partial charge in [0.15, 0.2) is 5.75 Å². The Morgan fingerprint density at radius 2 is 2.03 bits per heavy atom. The van der Waals surface area contributed by atoms with Gasteiger partial charge in [0, 0.05) is 44.2 Å². The highest BCUT2D eigenvalue weighted by atomic mass is 35.5. The van der Waals surface area contributed by atoms with Crippen LogP contribution >= 0.6 is 22.9 Å². The number of halogens is 1. The molecule has 6 rings (SSSR count). The minimum atomic E-state index is -0.0124. The highest BCUT2D eigenvalue weighted by Crippen LogP contribution is 2.53. The number of rotatable bonds is 7. The summed E-state index contributed by atoms with van der Waals surface area (Å²) in [6.07, 6.45) is 3.59. The van der Waals surface area contributed by atoms with Gasteiger partial charge in [0.25, 0.3) is 12.0 Å². The first-order valence-electron chi connectivity index (χ1n) is 12.6. The van der Waals surface area contributed by atoms with Crippen LogP contribution in [0.2, 0.25) is 5.02 Å². The molecule has 1 unspecified atom stereocenters. The number of ether oxygens (including phenoxy) is 2. The van der Waals surface area contributed by atoms with E-state index in [1.54, 1.807) is 16.0 Å². The van der Waals surface area contributed by atoms with Crippen LogP contribution in [0.25, 0.3) is 21.3 Å². The number of hydrogen-bond acceptors (Lipinski definition) is 8. The number of carbonyl (C=O) groups is 1. The molecule has 1 atom stereocenters. The van der Waals surface area contributed by atoms with Crippen molar-refractivity contribution in [1.82, 2.24) is 14.5 Å². The monoisotopic (exact) mass is 550 g/mol. The Morgan fingerprint density at radius 1 is 1.21 bits per heavy atom. The summed E-state index contributed by atoms with van der Waals surface area (Å²) in [5.74, 6) is 1.74. The molecule has 0 aliphatic heterocycles. The predicted molar refractivity (Wildman–Crippen MR) is 147 cm³/mol. The number of nitrogens with zero attached hydrogens (tertiary/aromatic N) is 3. The number of aromatic nitrogens is 3. The van der Waals surface area contributed by atoms with E-state index in [0.29, 0.717) is 47.3 Å². The van der Waals surface area contributed by atoms with Crippen LogP contribution in [0.15, 0.2) is 34.4 Å². The summed E-state index contributed by atoms with van der Waals surface area (Å²) in [7, 11) is 0. The van der Waals surface area contributed by atoms with Crippen molar-refractivity contribution in [3.05, 3.63) is 67.8 Å². The predicted octanol–water partition coefficient (Wildman–Crippen LogP) is 4.71. The molecule has 0 amide bonds. The molecule has 1 saturated carbocycles. The molecule has 10 heteroatoms. The summed E-state index contributed by atoms with van der Waals surface area (Å²) in [5, 5.41) is 2.32. The van der Waals surface area contributed by atoms with Crippen molar-refractivity contribution in [1.29, 1.82) is 0 Å². The van der Waals surface area contributed by atoms with Gasteiger partial charge in [-0.15, -0.1) is 11.3 Å². The van der Waals surface area contributed by atoms with E-state index in [9.17, 15) is 9.59 Å². The molecular weight excluding hydrogens is 524 g/mol. The van der Waals surface area contributed by atoms with E-state index in [1.165, 1.54) is 11.3 Å². The number of hydrogen-bond donors (Lipinski definition) is 1. The summed E-state index contributed by atoms with van der Waals surface area (Å²) < 4.78 is 13.9. The van der Waals surface area contributed by atoms with Crippen LogP contribution in [-0.4, -0.2) is 33.7 Å². The molecule has 2 aliphatic rings. The molecule has 4 aromatic rings.